The number of ether oxygens (including phenoxy) is 1. The van der Waals surface area contributed by atoms with Crippen LogP contribution in [-0.2, 0) is 4.84 Å². The predicted molar refractivity (Wildman–Crippen MR) is 62.4 cm³/mol. The fourth-order valence-corrected chi connectivity index (χ4v) is 2.01. The van der Waals surface area contributed by atoms with Crippen LogP contribution in [-0.4, -0.2) is 17.3 Å². The molecule has 1 heterocycles. The van der Waals surface area contributed by atoms with E-state index >= 15 is 0 Å². The Labute approximate surface area is 98.1 Å². The van der Waals surface area contributed by atoms with E-state index in [0.717, 1.165) is 11.4 Å². The van der Waals surface area contributed by atoms with Gasteiger partial charge in [-0.2, -0.15) is 5.90 Å². The van der Waals surface area contributed by atoms with Crippen LogP contribution in [0, 0.1) is 0 Å². The molecule has 17 heavy (non-hydrogen) atoms. The summed E-state index contributed by atoms with van der Waals surface area (Å²) in [6.45, 7) is 0. The molecule has 4 N–H and O–H groups in total. The molecular weight excluding hydrogens is 220 g/mol. The Morgan fingerprint density at radius 1 is 1.41 bits per heavy atom. The lowest BCUT2D eigenvalue weighted by atomic mass is 10.0. The molecule has 2 aliphatic rings. The summed E-state index contributed by atoms with van der Waals surface area (Å²) in [5.41, 5.74) is 0.758. The number of anilines is 1. The lowest BCUT2D eigenvalue weighted by Crippen LogP contribution is -2.40. The maximum absolute atomic E-state index is 9.41. The number of fused-ring (bicyclic) bond motifs is 2. The van der Waals surface area contributed by atoms with Crippen molar-refractivity contribution in [2.45, 2.75) is 12.1 Å². The second kappa shape index (κ2) is 3.71. The van der Waals surface area contributed by atoms with Gasteiger partial charge in [0.05, 0.1) is 11.7 Å². The highest BCUT2D eigenvalue weighted by molar-refractivity contribution is 5.63. The van der Waals surface area contributed by atoms with Crippen LogP contribution in [0.15, 0.2) is 42.2 Å². The molecule has 0 saturated carbocycles. The minimum atomic E-state index is -0.0917. The fourth-order valence-electron chi connectivity index (χ4n) is 2.01. The van der Waals surface area contributed by atoms with Gasteiger partial charge in [0.15, 0.2) is 0 Å². The molecule has 0 bridgehead atoms. The zero-order valence-corrected chi connectivity index (χ0v) is 8.96. The summed E-state index contributed by atoms with van der Waals surface area (Å²) in [5, 5.41) is 12.7. The third-order valence-corrected chi connectivity index (χ3v) is 2.83. The zero-order chi connectivity index (χ0) is 11.8. The Morgan fingerprint density at radius 3 is 3.12 bits per heavy atom. The van der Waals surface area contributed by atoms with Crippen LogP contribution in [0.4, 0.5) is 5.69 Å². The first-order valence-electron chi connectivity index (χ1n) is 5.29. The van der Waals surface area contributed by atoms with Gasteiger partial charge in [0, 0.05) is 6.07 Å². The SMILES string of the molecule is NOC1=CC2Nc3cc(O)ccc3OC2C=C1. The standard InChI is InChI=1S/C12H12N2O3/c13-17-8-2-4-12-10(6-8)14-9-5-7(15)1-3-11(9)16-12/h1-6,10,12,14-15H,13H2. The normalized spacial score (nSPS) is 24.9. The summed E-state index contributed by atoms with van der Waals surface area (Å²) < 4.78 is 5.78. The summed E-state index contributed by atoms with van der Waals surface area (Å²) in [6.07, 6.45) is 5.41. The van der Waals surface area contributed by atoms with Gasteiger partial charge >= 0.3 is 0 Å². The van der Waals surface area contributed by atoms with Crippen molar-refractivity contribution >= 4 is 5.69 Å². The highest BCUT2D eigenvalue weighted by atomic mass is 16.6. The highest BCUT2D eigenvalue weighted by Gasteiger charge is 2.29. The third kappa shape index (κ3) is 1.70. The van der Waals surface area contributed by atoms with Crippen LogP contribution in [0.25, 0.3) is 0 Å². The van der Waals surface area contributed by atoms with E-state index in [-0.39, 0.29) is 17.9 Å². The lowest BCUT2D eigenvalue weighted by molar-refractivity contribution is 0.203. The van der Waals surface area contributed by atoms with Crippen molar-refractivity contribution in [1.29, 1.82) is 0 Å². The first-order valence-corrected chi connectivity index (χ1v) is 5.29. The van der Waals surface area contributed by atoms with Crippen LogP contribution in [0.3, 0.4) is 0 Å². The molecule has 2 atom stereocenters. The summed E-state index contributed by atoms with van der Waals surface area (Å²) in [5.74, 6) is 6.62. The van der Waals surface area contributed by atoms with E-state index < -0.39 is 0 Å². The Bertz CT molecular complexity index is 510. The first kappa shape index (κ1) is 10.0. The lowest BCUT2D eigenvalue weighted by Gasteiger charge is -2.33. The van der Waals surface area contributed by atoms with Gasteiger partial charge in [0.25, 0.3) is 0 Å². The number of aromatic hydroxyl groups is 1. The number of allylic oxidation sites excluding steroid dienone is 1. The quantitative estimate of drug-likeness (QED) is 0.636. The van der Waals surface area contributed by atoms with Gasteiger partial charge in [-0.3, -0.25) is 0 Å². The fraction of sp³-hybridized carbons (Fsp3) is 0.167. The van der Waals surface area contributed by atoms with Gasteiger partial charge in [-0.25, -0.2) is 0 Å². The second-order valence-corrected chi connectivity index (χ2v) is 3.98. The van der Waals surface area contributed by atoms with Crippen LogP contribution in [0.5, 0.6) is 11.5 Å². The van der Waals surface area contributed by atoms with Gasteiger partial charge in [-0.1, -0.05) is 0 Å². The molecule has 0 amide bonds. The first-order chi connectivity index (χ1) is 8.26. The van der Waals surface area contributed by atoms with Gasteiger partial charge in [0.2, 0.25) is 0 Å². The Hall–Kier alpha value is -2.14. The van der Waals surface area contributed by atoms with Crippen molar-refractivity contribution in [2.75, 3.05) is 5.32 Å². The molecule has 0 fully saturated rings. The Balaban J connectivity index is 1.94. The van der Waals surface area contributed by atoms with E-state index in [9.17, 15) is 5.11 Å². The molecule has 0 spiro atoms. The van der Waals surface area contributed by atoms with Gasteiger partial charge < -0.3 is 20.0 Å². The van der Waals surface area contributed by atoms with E-state index in [2.05, 4.69) is 10.2 Å². The van der Waals surface area contributed by atoms with Crippen molar-refractivity contribution in [1.82, 2.24) is 0 Å². The number of rotatable bonds is 1. The molecule has 1 aliphatic carbocycles. The third-order valence-electron chi connectivity index (χ3n) is 2.83. The number of nitrogens with one attached hydrogen (secondary N) is 1. The largest absolute Gasteiger partial charge is 0.508 e. The maximum Gasteiger partial charge on any atom is 0.144 e. The Kier molecular flexibility index (Phi) is 2.19. The van der Waals surface area contributed by atoms with Crippen LogP contribution >= 0.6 is 0 Å². The summed E-state index contributed by atoms with van der Waals surface area (Å²) in [7, 11) is 0. The molecule has 0 saturated heterocycles. The molecule has 1 aromatic rings. The van der Waals surface area contributed by atoms with Crippen LogP contribution in [0.1, 0.15) is 0 Å². The summed E-state index contributed by atoms with van der Waals surface area (Å²) >= 11 is 0. The predicted octanol–water partition coefficient (Wildman–Crippen LogP) is 1.28. The number of phenols is 1. The number of hydrogen-bond donors (Lipinski definition) is 3. The average Bonchev–Trinajstić information content (AvgIpc) is 2.35. The van der Waals surface area contributed by atoms with Crippen LogP contribution < -0.4 is 16.0 Å². The molecule has 0 aromatic heterocycles. The topological polar surface area (TPSA) is 76.7 Å². The second-order valence-electron chi connectivity index (χ2n) is 3.98. The maximum atomic E-state index is 9.41. The van der Waals surface area contributed by atoms with Gasteiger partial charge in [-0.15, -0.1) is 0 Å². The number of benzene rings is 1. The molecule has 1 aliphatic heterocycles. The highest BCUT2D eigenvalue weighted by Crippen LogP contribution is 2.35. The molecule has 5 heteroatoms. The smallest absolute Gasteiger partial charge is 0.144 e. The minimum absolute atomic E-state index is 0.0483. The van der Waals surface area contributed by atoms with E-state index in [4.69, 9.17) is 10.6 Å². The Morgan fingerprint density at radius 2 is 2.29 bits per heavy atom. The van der Waals surface area contributed by atoms with Crippen molar-refractivity contribution in [3.8, 4) is 11.5 Å². The van der Waals surface area contributed by atoms with Gasteiger partial charge in [-0.05, 0) is 30.4 Å². The number of nitrogens with two attached hydrogens (primary N) is 1. The van der Waals surface area contributed by atoms with Crippen molar-refractivity contribution < 1.29 is 14.7 Å². The average molecular weight is 232 g/mol. The molecular formula is C12H12N2O3. The van der Waals surface area contributed by atoms with E-state index in [1.54, 1.807) is 24.3 Å². The monoisotopic (exact) mass is 232 g/mol. The number of hydrogen-bond acceptors (Lipinski definition) is 5. The zero-order valence-electron chi connectivity index (χ0n) is 8.96. The minimum Gasteiger partial charge on any atom is -0.508 e. The summed E-state index contributed by atoms with van der Waals surface area (Å²) in [6, 6.07) is 4.91. The van der Waals surface area contributed by atoms with Crippen molar-refractivity contribution in [3.05, 3.63) is 42.2 Å². The van der Waals surface area contributed by atoms with Crippen molar-refractivity contribution in [3.63, 3.8) is 0 Å². The molecule has 0 radical (unpaired) electrons. The van der Waals surface area contributed by atoms with E-state index in [0.29, 0.717) is 5.76 Å². The van der Waals surface area contributed by atoms with Gasteiger partial charge in [0.1, 0.15) is 23.4 Å². The summed E-state index contributed by atoms with van der Waals surface area (Å²) in [4.78, 5) is 4.68. The van der Waals surface area contributed by atoms with E-state index in [1.807, 2.05) is 12.2 Å². The molecule has 5 nitrogen and oxygen atoms in total. The van der Waals surface area contributed by atoms with E-state index in [1.165, 1.54) is 0 Å². The van der Waals surface area contributed by atoms with Crippen LogP contribution in [0.2, 0.25) is 0 Å². The van der Waals surface area contributed by atoms with Crippen molar-refractivity contribution in [2.24, 2.45) is 5.90 Å². The molecule has 88 valence electrons. The molecule has 1 aromatic carbocycles. The molecule has 2 unspecified atom stereocenters. The number of phenolic OH excluding ortho intramolecular Hbond substituents is 1. The molecule has 3 rings (SSSR count).